The zero-order chi connectivity index (χ0) is 37.5. The number of hydrogen-bond acceptors (Lipinski definition) is 6. The number of rotatable bonds is 40. The molecule has 302 valence electrons. The predicted molar refractivity (Wildman–Crippen MR) is 215 cm³/mol. The van der Waals surface area contributed by atoms with Crippen molar-refractivity contribution in [2.45, 2.75) is 252 Å². The number of unbranched alkanes of at least 4 members (excludes halogenated alkanes) is 27. The fourth-order valence-electron chi connectivity index (χ4n) is 6.63. The van der Waals surface area contributed by atoms with Gasteiger partial charge in [-0.15, -0.1) is 0 Å². The summed E-state index contributed by atoms with van der Waals surface area (Å²) in [6, 6.07) is 0. The van der Waals surface area contributed by atoms with Gasteiger partial charge in [-0.25, -0.2) is 0 Å². The van der Waals surface area contributed by atoms with Gasteiger partial charge in [0, 0.05) is 19.3 Å². The van der Waals surface area contributed by atoms with Gasteiger partial charge in [-0.2, -0.15) is 0 Å². The van der Waals surface area contributed by atoms with Crippen molar-refractivity contribution in [3.05, 3.63) is 0 Å². The molecule has 6 heteroatoms. The van der Waals surface area contributed by atoms with Crippen molar-refractivity contribution in [1.82, 2.24) is 0 Å². The van der Waals surface area contributed by atoms with E-state index in [1.165, 1.54) is 141 Å². The molecule has 0 aliphatic carbocycles. The second-order valence-electron chi connectivity index (χ2n) is 15.8. The Labute approximate surface area is 317 Å². The summed E-state index contributed by atoms with van der Waals surface area (Å²) in [6.07, 6.45) is 38.1. The maximum absolute atomic E-state index is 12.6. The van der Waals surface area contributed by atoms with Crippen LogP contribution in [0.5, 0.6) is 0 Å². The lowest BCUT2D eigenvalue weighted by Gasteiger charge is -2.18. The number of esters is 3. The molecule has 0 aromatic heterocycles. The van der Waals surface area contributed by atoms with Gasteiger partial charge in [0.05, 0.1) is 0 Å². The van der Waals surface area contributed by atoms with Gasteiger partial charge >= 0.3 is 17.9 Å². The van der Waals surface area contributed by atoms with Crippen LogP contribution >= 0.6 is 0 Å². The Morgan fingerprint density at radius 2 is 0.647 bits per heavy atom. The van der Waals surface area contributed by atoms with Crippen molar-refractivity contribution in [3.63, 3.8) is 0 Å². The lowest BCUT2D eigenvalue weighted by Crippen LogP contribution is -2.30. The number of carbonyl (C=O) groups is 3. The van der Waals surface area contributed by atoms with Gasteiger partial charge in [0.25, 0.3) is 0 Å². The first kappa shape index (κ1) is 49.4. The summed E-state index contributed by atoms with van der Waals surface area (Å²) in [5.74, 6) is -0.0698. The van der Waals surface area contributed by atoms with Crippen molar-refractivity contribution in [3.8, 4) is 0 Å². The largest absolute Gasteiger partial charge is 0.462 e. The minimum Gasteiger partial charge on any atom is -0.462 e. The molecular weight excluding hydrogens is 636 g/mol. The monoisotopic (exact) mass is 723 g/mol. The summed E-state index contributed by atoms with van der Waals surface area (Å²) < 4.78 is 16.6. The first-order valence-corrected chi connectivity index (χ1v) is 22.4. The third kappa shape index (κ3) is 39.5. The second kappa shape index (κ2) is 39.6. The number of ether oxygens (including phenoxy) is 3. The van der Waals surface area contributed by atoms with E-state index >= 15 is 0 Å². The third-order valence-corrected chi connectivity index (χ3v) is 10.0. The molecule has 0 aromatic carbocycles. The molecule has 0 unspecified atom stereocenters. The summed E-state index contributed by atoms with van der Waals surface area (Å²) in [4.78, 5) is 37.5. The van der Waals surface area contributed by atoms with E-state index in [1.807, 2.05) is 0 Å². The topological polar surface area (TPSA) is 78.9 Å². The first-order chi connectivity index (χ1) is 24.9. The van der Waals surface area contributed by atoms with Crippen LogP contribution in [0.2, 0.25) is 0 Å². The van der Waals surface area contributed by atoms with E-state index in [1.54, 1.807) is 0 Å². The van der Waals surface area contributed by atoms with Gasteiger partial charge in [0.15, 0.2) is 6.10 Å². The van der Waals surface area contributed by atoms with E-state index in [0.29, 0.717) is 19.3 Å². The van der Waals surface area contributed by atoms with Gasteiger partial charge in [-0.3, -0.25) is 14.4 Å². The molecule has 0 rings (SSSR count). The number of hydrogen-bond donors (Lipinski definition) is 0. The van der Waals surface area contributed by atoms with Crippen LogP contribution in [0.1, 0.15) is 246 Å². The lowest BCUT2D eigenvalue weighted by molar-refractivity contribution is -0.167. The van der Waals surface area contributed by atoms with Crippen LogP contribution in [0, 0.1) is 5.92 Å². The summed E-state index contributed by atoms with van der Waals surface area (Å²) in [7, 11) is 0. The SMILES string of the molecule is CCCCCCCCCCCCCCCCCC(=O)OC[C@H](COC(=O)CCCCCCCCC)OC(=O)CCCCCCCCCCC(C)C. The molecule has 0 radical (unpaired) electrons. The fourth-order valence-corrected chi connectivity index (χ4v) is 6.63. The molecule has 0 amide bonds. The average Bonchev–Trinajstić information content (AvgIpc) is 3.11. The predicted octanol–water partition coefficient (Wildman–Crippen LogP) is 13.9. The molecule has 6 nitrogen and oxygen atoms in total. The molecule has 0 spiro atoms. The molecule has 0 aliphatic heterocycles. The Balaban J connectivity index is 4.25. The van der Waals surface area contributed by atoms with Crippen LogP contribution in [-0.2, 0) is 28.6 Å². The highest BCUT2D eigenvalue weighted by Gasteiger charge is 2.19. The van der Waals surface area contributed by atoms with Crippen molar-refractivity contribution in [2.24, 2.45) is 5.92 Å². The summed E-state index contributed by atoms with van der Waals surface area (Å²) in [5.41, 5.74) is 0. The van der Waals surface area contributed by atoms with Crippen molar-refractivity contribution < 1.29 is 28.6 Å². The minimum absolute atomic E-state index is 0.0647. The Morgan fingerprint density at radius 1 is 0.373 bits per heavy atom. The van der Waals surface area contributed by atoms with E-state index in [2.05, 4.69) is 27.7 Å². The summed E-state index contributed by atoms with van der Waals surface area (Å²) >= 11 is 0. The minimum atomic E-state index is -0.758. The van der Waals surface area contributed by atoms with E-state index < -0.39 is 6.10 Å². The van der Waals surface area contributed by atoms with Crippen LogP contribution in [0.25, 0.3) is 0 Å². The molecule has 0 aromatic rings. The quantitative estimate of drug-likeness (QED) is 0.0356. The highest BCUT2D eigenvalue weighted by atomic mass is 16.6. The summed E-state index contributed by atoms with van der Waals surface area (Å²) in [5, 5.41) is 0. The lowest BCUT2D eigenvalue weighted by atomic mass is 10.0. The van der Waals surface area contributed by atoms with Gasteiger partial charge in [0.1, 0.15) is 13.2 Å². The smallest absolute Gasteiger partial charge is 0.306 e. The zero-order valence-corrected chi connectivity index (χ0v) is 34.6. The second-order valence-corrected chi connectivity index (χ2v) is 15.8. The van der Waals surface area contributed by atoms with Crippen molar-refractivity contribution in [1.29, 1.82) is 0 Å². The molecule has 1 atom stereocenters. The Kier molecular flexibility index (Phi) is 38.4. The first-order valence-electron chi connectivity index (χ1n) is 22.4. The highest BCUT2D eigenvalue weighted by molar-refractivity contribution is 5.71. The fraction of sp³-hybridized carbons (Fsp3) is 0.933. The van der Waals surface area contributed by atoms with Gasteiger partial charge < -0.3 is 14.2 Å². The average molecular weight is 723 g/mol. The normalized spacial score (nSPS) is 11.9. The summed E-state index contributed by atoms with van der Waals surface area (Å²) in [6.45, 7) is 8.92. The Hall–Kier alpha value is -1.59. The van der Waals surface area contributed by atoms with Crippen LogP contribution in [-0.4, -0.2) is 37.2 Å². The van der Waals surface area contributed by atoms with E-state index in [9.17, 15) is 14.4 Å². The zero-order valence-electron chi connectivity index (χ0n) is 34.6. The van der Waals surface area contributed by atoms with Crippen molar-refractivity contribution in [2.75, 3.05) is 13.2 Å². The molecule has 0 aliphatic rings. The van der Waals surface area contributed by atoms with Crippen LogP contribution < -0.4 is 0 Å². The van der Waals surface area contributed by atoms with Crippen molar-refractivity contribution >= 4 is 17.9 Å². The Bertz CT molecular complexity index is 766. The maximum atomic E-state index is 12.6. The van der Waals surface area contributed by atoms with Gasteiger partial charge in [-0.1, -0.05) is 207 Å². The molecule has 0 saturated carbocycles. The van der Waals surface area contributed by atoms with Crippen LogP contribution in [0.15, 0.2) is 0 Å². The standard InChI is InChI=1S/C45H86O6/c1-5-7-9-11-13-14-15-16-17-18-19-20-25-29-33-37-44(47)50-40-42(39-49-43(46)36-32-28-23-12-10-8-6-2)51-45(48)38-34-30-26-22-21-24-27-31-35-41(3)4/h41-42H,5-40H2,1-4H3/t42-/m0/s1. The Morgan fingerprint density at radius 3 is 0.961 bits per heavy atom. The molecular formula is C45H86O6. The van der Waals surface area contributed by atoms with E-state index in [4.69, 9.17) is 14.2 Å². The van der Waals surface area contributed by atoms with Gasteiger partial charge in [0.2, 0.25) is 0 Å². The molecule has 0 fully saturated rings. The maximum Gasteiger partial charge on any atom is 0.306 e. The van der Waals surface area contributed by atoms with E-state index in [0.717, 1.165) is 63.7 Å². The third-order valence-electron chi connectivity index (χ3n) is 10.0. The number of carbonyl (C=O) groups excluding carboxylic acids is 3. The highest BCUT2D eigenvalue weighted by Crippen LogP contribution is 2.16. The molecule has 0 bridgehead atoms. The molecule has 0 heterocycles. The van der Waals surface area contributed by atoms with Gasteiger partial charge in [-0.05, 0) is 25.2 Å². The molecule has 0 N–H and O–H groups in total. The van der Waals surface area contributed by atoms with E-state index in [-0.39, 0.29) is 31.1 Å². The molecule has 0 saturated heterocycles. The van der Waals surface area contributed by atoms with Crippen LogP contribution in [0.3, 0.4) is 0 Å². The van der Waals surface area contributed by atoms with Crippen LogP contribution in [0.4, 0.5) is 0 Å². The molecule has 51 heavy (non-hydrogen) atoms.